The summed E-state index contributed by atoms with van der Waals surface area (Å²) in [5.74, 6) is -0.733. The van der Waals surface area contributed by atoms with E-state index in [-0.39, 0.29) is 10.7 Å². The number of sulfonamides is 1. The molecule has 1 rings (SSSR count). The van der Waals surface area contributed by atoms with Gasteiger partial charge in [0.1, 0.15) is 11.7 Å². The number of nitrogens with two attached hydrogens (primary N) is 1. The van der Waals surface area contributed by atoms with Crippen LogP contribution in [0.5, 0.6) is 0 Å². The minimum absolute atomic E-state index is 0.0222. The van der Waals surface area contributed by atoms with Gasteiger partial charge in [0.05, 0.1) is 11.0 Å². The highest BCUT2D eigenvalue weighted by Crippen LogP contribution is 2.15. The summed E-state index contributed by atoms with van der Waals surface area (Å²) in [5, 5.41) is 14.1. The number of nitrogens with zero attached hydrogens (tertiary/aromatic N) is 1. The van der Waals surface area contributed by atoms with Gasteiger partial charge in [0.25, 0.3) is 0 Å². The van der Waals surface area contributed by atoms with Gasteiger partial charge in [-0.3, -0.25) is 4.79 Å². The van der Waals surface area contributed by atoms with Crippen LogP contribution in [0.3, 0.4) is 0 Å². The van der Waals surface area contributed by atoms with Crippen molar-refractivity contribution in [3.8, 4) is 6.07 Å². The third kappa shape index (κ3) is 5.66. The molecule has 0 saturated heterocycles. The molecule has 0 radical (unpaired) electrons. The SMILES string of the molecule is CCCCCC(=O)C(C#N)Cc1ccc(S(N)(=O)=O)cc1. The van der Waals surface area contributed by atoms with E-state index in [0.29, 0.717) is 12.8 Å². The minimum Gasteiger partial charge on any atom is -0.298 e. The predicted molar refractivity (Wildman–Crippen MR) is 79.8 cm³/mol. The highest BCUT2D eigenvalue weighted by molar-refractivity contribution is 7.89. The van der Waals surface area contributed by atoms with Crippen molar-refractivity contribution in [3.05, 3.63) is 29.8 Å². The Labute approximate surface area is 125 Å². The van der Waals surface area contributed by atoms with E-state index in [1.54, 1.807) is 12.1 Å². The second-order valence-corrected chi connectivity index (χ2v) is 6.56. The van der Waals surface area contributed by atoms with Gasteiger partial charge in [-0.1, -0.05) is 31.9 Å². The maximum atomic E-state index is 11.9. The lowest BCUT2D eigenvalue weighted by atomic mass is 9.93. The molecule has 0 aliphatic heterocycles. The first-order chi connectivity index (χ1) is 9.88. The number of rotatable bonds is 8. The summed E-state index contributed by atoms with van der Waals surface area (Å²) in [6, 6.07) is 7.98. The van der Waals surface area contributed by atoms with Gasteiger partial charge in [-0.15, -0.1) is 0 Å². The number of Topliss-reactive ketones (excluding diaryl/α,β-unsaturated/α-hetero) is 1. The van der Waals surface area contributed by atoms with E-state index in [0.717, 1.165) is 24.8 Å². The van der Waals surface area contributed by atoms with Crippen LogP contribution in [-0.2, 0) is 21.2 Å². The van der Waals surface area contributed by atoms with E-state index < -0.39 is 15.9 Å². The summed E-state index contributed by atoms with van der Waals surface area (Å²) in [5.41, 5.74) is 0.748. The van der Waals surface area contributed by atoms with Crippen LogP contribution in [0.4, 0.5) is 0 Å². The molecule has 114 valence electrons. The Morgan fingerprint density at radius 1 is 1.29 bits per heavy atom. The van der Waals surface area contributed by atoms with Gasteiger partial charge >= 0.3 is 0 Å². The van der Waals surface area contributed by atoms with Crippen LogP contribution in [0, 0.1) is 17.2 Å². The number of benzene rings is 1. The maximum Gasteiger partial charge on any atom is 0.238 e. The van der Waals surface area contributed by atoms with E-state index in [9.17, 15) is 13.2 Å². The molecule has 0 aromatic heterocycles. The third-order valence-corrected chi connectivity index (χ3v) is 4.19. The lowest BCUT2D eigenvalue weighted by molar-refractivity contribution is -0.121. The number of hydrogen-bond donors (Lipinski definition) is 1. The Morgan fingerprint density at radius 3 is 2.38 bits per heavy atom. The van der Waals surface area contributed by atoms with Crippen molar-refractivity contribution < 1.29 is 13.2 Å². The predicted octanol–water partition coefficient (Wildman–Crippen LogP) is 2.17. The zero-order valence-corrected chi connectivity index (χ0v) is 12.9. The molecule has 6 heteroatoms. The molecule has 2 N–H and O–H groups in total. The van der Waals surface area contributed by atoms with Gasteiger partial charge in [-0.2, -0.15) is 5.26 Å². The monoisotopic (exact) mass is 308 g/mol. The fourth-order valence-electron chi connectivity index (χ4n) is 2.01. The van der Waals surface area contributed by atoms with E-state index in [2.05, 4.69) is 6.92 Å². The van der Waals surface area contributed by atoms with Crippen LogP contribution in [0.2, 0.25) is 0 Å². The van der Waals surface area contributed by atoms with Gasteiger partial charge in [-0.05, 0) is 30.5 Å². The second kappa shape index (κ2) is 7.91. The topological polar surface area (TPSA) is 101 Å². The smallest absolute Gasteiger partial charge is 0.238 e. The molecule has 0 amide bonds. The molecule has 0 saturated carbocycles. The van der Waals surface area contributed by atoms with E-state index in [4.69, 9.17) is 10.4 Å². The first kappa shape index (κ1) is 17.3. The molecule has 0 aliphatic rings. The summed E-state index contributed by atoms with van der Waals surface area (Å²) in [4.78, 5) is 12.0. The highest BCUT2D eigenvalue weighted by atomic mass is 32.2. The van der Waals surface area contributed by atoms with Crippen molar-refractivity contribution in [2.24, 2.45) is 11.1 Å². The Kier molecular flexibility index (Phi) is 6.53. The van der Waals surface area contributed by atoms with E-state index >= 15 is 0 Å². The average molecular weight is 308 g/mol. The number of carbonyl (C=O) groups excluding carboxylic acids is 1. The Hall–Kier alpha value is -1.71. The molecular formula is C15H20N2O3S. The quantitative estimate of drug-likeness (QED) is 0.743. The van der Waals surface area contributed by atoms with Gasteiger partial charge < -0.3 is 0 Å². The first-order valence-electron chi connectivity index (χ1n) is 6.92. The molecule has 1 aromatic carbocycles. The fourth-order valence-corrected chi connectivity index (χ4v) is 2.52. The molecule has 0 fully saturated rings. The van der Waals surface area contributed by atoms with Crippen LogP contribution in [-0.4, -0.2) is 14.2 Å². The number of unbranched alkanes of at least 4 members (excludes halogenated alkanes) is 2. The summed E-state index contributed by atoms with van der Waals surface area (Å²) >= 11 is 0. The molecule has 5 nitrogen and oxygen atoms in total. The van der Waals surface area contributed by atoms with Crippen LogP contribution in [0.1, 0.15) is 38.2 Å². The number of carbonyl (C=O) groups is 1. The van der Waals surface area contributed by atoms with Crippen LogP contribution >= 0.6 is 0 Å². The molecule has 0 aliphatic carbocycles. The number of ketones is 1. The Bertz CT molecular complexity index is 615. The van der Waals surface area contributed by atoms with E-state index in [1.165, 1.54) is 12.1 Å². The molecule has 21 heavy (non-hydrogen) atoms. The van der Waals surface area contributed by atoms with Crippen molar-refractivity contribution >= 4 is 15.8 Å². The maximum absolute atomic E-state index is 11.9. The van der Waals surface area contributed by atoms with Gasteiger partial charge in [0, 0.05) is 6.42 Å². The largest absolute Gasteiger partial charge is 0.298 e. The van der Waals surface area contributed by atoms with Crippen LogP contribution in [0.25, 0.3) is 0 Å². The van der Waals surface area contributed by atoms with Gasteiger partial charge in [0.15, 0.2) is 0 Å². The van der Waals surface area contributed by atoms with Crippen LogP contribution in [0.15, 0.2) is 29.2 Å². The number of nitriles is 1. The average Bonchev–Trinajstić information content (AvgIpc) is 2.44. The number of primary sulfonamides is 1. The second-order valence-electron chi connectivity index (χ2n) is 5.00. The zero-order chi connectivity index (χ0) is 15.9. The van der Waals surface area contributed by atoms with Gasteiger partial charge in [0.2, 0.25) is 10.0 Å². The Balaban J connectivity index is 2.70. The lowest BCUT2D eigenvalue weighted by Gasteiger charge is -2.08. The normalized spacial score (nSPS) is 12.6. The van der Waals surface area contributed by atoms with Crippen molar-refractivity contribution in [2.75, 3.05) is 0 Å². The fraction of sp³-hybridized carbons (Fsp3) is 0.467. The van der Waals surface area contributed by atoms with Crippen molar-refractivity contribution in [2.45, 2.75) is 43.9 Å². The zero-order valence-electron chi connectivity index (χ0n) is 12.1. The molecule has 1 unspecified atom stereocenters. The molecular weight excluding hydrogens is 288 g/mol. The molecule has 1 aromatic rings. The summed E-state index contributed by atoms with van der Waals surface area (Å²) in [7, 11) is -3.72. The first-order valence-corrected chi connectivity index (χ1v) is 8.47. The van der Waals surface area contributed by atoms with Crippen molar-refractivity contribution in [1.82, 2.24) is 0 Å². The molecule has 1 atom stereocenters. The molecule has 0 bridgehead atoms. The summed E-state index contributed by atoms with van der Waals surface area (Å²) in [6.07, 6.45) is 3.53. The van der Waals surface area contributed by atoms with Crippen molar-refractivity contribution in [3.63, 3.8) is 0 Å². The van der Waals surface area contributed by atoms with Crippen molar-refractivity contribution in [1.29, 1.82) is 5.26 Å². The Morgan fingerprint density at radius 2 is 1.90 bits per heavy atom. The van der Waals surface area contributed by atoms with Crippen LogP contribution < -0.4 is 5.14 Å². The summed E-state index contributed by atoms with van der Waals surface area (Å²) in [6.45, 7) is 2.05. The third-order valence-electron chi connectivity index (χ3n) is 3.26. The lowest BCUT2D eigenvalue weighted by Crippen LogP contribution is -2.16. The van der Waals surface area contributed by atoms with Gasteiger partial charge in [-0.25, -0.2) is 13.6 Å². The molecule has 0 heterocycles. The van der Waals surface area contributed by atoms with E-state index in [1.807, 2.05) is 6.07 Å². The number of hydrogen-bond acceptors (Lipinski definition) is 4. The highest BCUT2D eigenvalue weighted by Gasteiger charge is 2.18. The summed E-state index contributed by atoms with van der Waals surface area (Å²) < 4.78 is 22.3. The molecule has 0 spiro atoms. The minimum atomic E-state index is -3.72. The standard InChI is InChI=1S/C15H20N2O3S/c1-2-3-4-5-15(18)13(11-16)10-12-6-8-14(9-7-12)21(17,19)20/h6-9,13H,2-5,10H2,1H3,(H2,17,19,20).